The van der Waals surface area contributed by atoms with Crippen LogP contribution in [0.3, 0.4) is 0 Å². The van der Waals surface area contributed by atoms with Gasteiger partial charge in [0, 0.05) is 4.90 Å². The topological polar surface area (TPSA) is 26.0 Å². The second-order valence-corrected chi connectivity index (χ2v) is 4.31. The normalized spacial score (nSPS) is 10.3. The molecule has 1 aromatic carbocycles. The predicted molar refractivity (Wildman–Crippen MR) is 60.2 cm³/mol. The van der Waals surface area contributed by atoms with E-state index in [0.717, 1.165) is 25.1 Å². The summed E-state index contributed by atoms with van der Waals surface area (Å²) >= 11 is 1.88. The van der Waals surface area contributed by atoms with Gasteiger partial charge < -0.3 is 5.73 Å². The molecule has 13 heavy (non-hydrogen) atoms. The number of benzene rings is 1. The molecule has 2 N–H and O–H groups in total. The van der Waals surface area contributed by atoms with E-state index < -0.39 is 0 Å². The van der Waals surface area contributed by atoms with Crippen molar-refractivity contribution in [3.05, 3.63) is 29.8 Å². The molecule has 0 fully saturated rings. The van der Waals surface area contributed by atoms with Gasteiger partial charge in [0.05, 0.1) is 0 Å². The van der Waals surface area contributed by atoms with E-state index in [9.17, 15) is 0 Å². The van der Waals surface area contributed by atoms with E-state index in [4.69, 9.17) is 5.73 Å². The second kappa shape index (κ2) is 6.06. The summed E-state index contributed by atoms with van der Waals surface area (Å²) in [7, 11) is 0. The smallest absolute Gasteiger partial charge is 0.00720 e. The van der Waals surface area contributed by atoms with E-state index in [1.165, 1.54) is 10.5 Å². The minimum Gasteiger partial charge on any atom is -0.330 e. The van der Waals surface area contributed by atoms with Gasteiger partial charge in [0.25, 0.3) is 0 Å². The lowest BCUT2D eigenvalue weighted by Crippen LogP contribution is -2.00. The fraction of sp³-hybridized carbons (Fsp3) is 0.455. The van der Waals surface area contributed by atoms with Gasteiger partial charge in [-0.15, -0.1) is 11.8 Å². The molecule has 0 aliphatic carbocycles. The summed E-state index contributed by atoms with van der Waals surface area (Å²) in [5, 5.41) is 0. The number of rotatable bonds is 5. The fourth-order valence-corrected chi connectivity index (χ4v) is 1.89. The van der Waals surface area contributed by atoms with Gasteiger partial charge in [0.15, 0.2) is 0 Å². The van der Waals surface area contributed by atoms with Crippen molar-refractivity contribution in [1.82, 2.24) is 0 Å². The number of hydrogen-bond donors (Lipinski definition) is 1. The van der Waals surface area contributed by atoms with Crippen LogP contribution >= 0.6 is 11.8 Å². The second-order valence-electron chi connectivity index (χ2n) is 2.97. The summed E-state index contributed by atoms with van der Waals surface area (Å²) in [5.41, 5.74) is 6.84. The first-order valence-corrected chi connectivity index (χ1v) is 5.77. The van der Waals surface area contributed by atoms with Gasteiger partial charge >= 0.3 is 0 Å². The van der Waals surface area contributed by atoms with Gasteiger partial charge in [-0.05, 0) is 42.8 Å². The summed E-state index contributed by atoms with van der Waals surface area (Å²) in [6.07, 6.45) is 2.19. The fourth-order valence-electron chi connectivity index (χ4n) is 1.23. The third-order valence-corrected chi connectivity index (χ3v) is 2.80. The molecule has 0 aliphatic rings. The Morgan fingerprint density at radius 1 is 1.23 bits per heavy atom. The molecular weight excluding hydrogens is 178 g/mol. The maximum absolute atomic E-state index is 5.45. The molecule has 0 unspecified atom stereocenters. The third kappa shape index (κ3) is 3.83. The molecule has 0 spiro atoms. The van der Waals surface area contributed by atoms with Crippen LogP contribution in [0.5, 0.6) is 0 Å². The van der Waals surface area contributed by atoms with Gasteiger partial charge in [-0.25, -0.2) is 0 Å². The summed E-state index contributed by atoms with van der Waals surface area (Å²) in [6.45, 7) is 2.96. The minimum absolute atomic E-state index is 0.783. The van der Waals surface area contributed by atoms with Crippen LogP contribution in [-0.4, -0.2) is 12.3 Å². The Kier molecular flexibility index (Phi) is 4.94. The zero-order chi connectivity index (χ0) is 9.52. The van der Waals surface area contributed by atoms with E-state index in [1.54, 1.807) is 0 Å². The minimum atomic E-state index is 0.783. The molecule has 0 amide bonds. The third-order valence-electron chi connectivity index (χ3n) is 1.90. The summed E-state index contributed by atoms with van der Waals surface area (Å²) < 4.78 is 0. The van der Waals surface area contributed by atoms with Crippen LogP contribution in [0.25, 0.3) is 0 Å². The van der Waals surface area contributed by atoms with Gasteiger partial charge in [0.1, 0.15) is 0 Å². The largest absolute Gasteiger partial charge is 0.330 e. The first-order valence-electron chi connectivity index (χ1n) is 4.78. The maximum atomic E-state index is 5.45. The molecule has 0 aliphatic heterocycles. The highest BCUT2D eigenvalue weighted by molar-refractivity contribution is 7.99. The SMILES string of the molecule is CCSc1ccc(CCCN)cc1. The van der Waals surface area contributed by atoms with Crippen molar-refractivity contribution in [3.8, 4) is 0 Å². The van der Waals surface area contributed by atoms with Crippen LogP contribution in [0.2, 0.25) is 0 Å². The van der Waals surface area contributed by atoms with E-state index in [0.29, 0.717) is 0 Å². The molecule has 1 nitrogen and oxygen atoms in total. The van der Waals surface area contributed by atoms with E-state index in [1.807, 2.05) is 11.8 Å². The monoisotopic (exact) mass is 195 g/mol. The number of aryl methyl sites for hydroxylation is 1. The van der Waals surface area contributed by atoms with Crippen molar-refractivity contribution in [1.29, 1.82) is 0 Å². The molecule has 1 rings (SSSR count). The Hall–Kier alpha value is -0.470. The first-order chi connectivity index (χ1) is 6.36. The quantitative estimate of drug-likeness (QED) is 0.731. The lowest BCUT2D eigenvalue weighted by molar-refractivity contribution is 0.832. The Morgan fingerprint density at radius 2 is 1.92 bits per heavy atom. The lowest BCUT2D eigenvalue weighted by Gasteiger charge is -2.01. The first kappa shape index (κ1) is 10.6. The molecule has 0 atom stereocenters. The Labute approximate surface area is 84.7 Å². The highest BCUT2D eigenvalue weighted by atomic mass is 32.2. The zero-order valence-corrected chi connectivity index (χ0v) is 8.94. The van der Waals surface area contributed by atoms with E-state index in [2.05, 4.69) is 31.2 Å². The van der Waals surface area contributed by atoms with Gasteiger partial charge in [-0.3, -0.25) is 0 Å². The molecule has 1 aromatic rings. The summed E-state index contributed by atoms with van der Waals surface area (Å²) in [6, 6.07) is 8.79. The lowest BCUT2D eigenvalue weighted by atomic mass is 10.1. The van der Waals surface area contributed by atoms with Crippen LogP contribution in [0.1, 0.15) is 18.9 Å². The molecule has 72 valence electrons. The molecule has 0 radical (unpaired) electrons. The van der Waals surface area contributed by atoms with Crippen molar-refractivity contribution in [2.24, 2.45) is 5.73 Å². The molecular formula is C11H17NS. The molecule has 0 saturated carbocycles. The van der Waals surface area contributed by atoms with E-state index in [-0.39, 0.29) is 0 Å². The molecule has 0 saturated heterocycles. The molecule has 0 heterocycles. The Bertz CT molecular complexity index is 230. The Morgan fingerprint density at radius 3 is 2.46 bits per heavy atom. The highest BCUT2D eigenvalue weighted by Gasteiger charge is 1.93. The highest BCUT2D eigenvalue weighted by Crippen LogP contribution is 2.18. The average Bonchev–Trinajstić information content (AvgIpc) is 2.17. The maximum Gasteiger partial charge on any atom is 0.00720 e. The van der Waals surface area contributed by atoms with Crippen molar-refractivity contribution in [2.75, 3.05) is 12.3 Å². The summed E-state index contributed by atoms with van der Waals surface area (Å²) in [5.74, 6) is 1.14. The number of nitrogens with two attached hydrogens (primary N) is 1. The van der Waals surface area contributed by atoms with Crippen LogP contribution < -0.4 is 5.73 Å². The standard InChI is InChI=1S/C11H17NS/c1-2-13-11-7-5-10(6-8-11)4-3-9-12/h5-8H,2-4,9,12H2,1H3. The van der Waals surface area contributed by atoms with Crippen molar-refractivity contribution < 1.29 is 0 Å². The van der Waals surface area contributed by atoms with Crippen molar-refractivity contribution in [3.63, 3.8) is 0 Å². The molecule has 0 bridgehead atoms. The summed E-state index contributed by atoms with van der Waals surface area (Å²) in [4.78, 5) is 1.36. The number of hydrogen-bond acceptors (Lipinski definition) is 2. The molecule has 2 heteroatoms. The number of thioether (sulfide) groups is 1. The molecule has 0 aromatic heterocycles. The zero-order valence-electron chi connectivity index (χ0n) is 8.12. The van der Waals surface area contributed by atoms with Crippen LogP contribution in [-0.2, 0) is 6.42 Å². The van der Waals surface area contributed by atoms with Crippen molar-refractivity contribution >= 4 is 11.8 Å². The Balaban J connectivity index is 2.48. The average molecular weight is 195 g/mol. The van der Waals surface area contributed by atoms with Crippen LogP contribution in [0, 0.1) is 0 Å². The van der Waals surface area contributed by atoms with Gasteiger partial charge in [-0.1, -0.05) is 19.1 Å². The predicted octanol–water partition coefficient (Wildman–Crippen LogP) is 2.69. The van der Waals surface area contributed by atoms with Crippen LogP contribution in [0.15, 0.2) is 29.2 Å². The van der Waals surface area contributed by atoms with E-state index >= 15 is 0 Å². The van der Waals surface area contributed by atoms with Crippen molar-refractivity contribution in [2.45, 2.75) is 24.7 Å². The van der Waals surface area contributed by atoms with Gasteiger partial charge in [0.2, 0.25) is 0 Å². The van der Waals surface area contributed by atoms with Crippen LogP contribution in [0.4, 0.5) is 0 Å². The van der Waals surface area contributed by atoms with Gasteiger partial charge in [-0.2, -0.15) is 0 Å².